The molecule has 9 nitrogen and oxygen atoms in total. The fourth-order valence-corrected chi connectivity index (χ4v) is 3.55. The number of thiol groups is 1. The molecule has 10 heteroatoms. The molecule has 0 saturated carbocycles. The monoisotopic (exact) mass is 509 g/mol. The molecule has 0 aliphatic heterocycles. The van der Waals surface area contributed by atoms with Crippen molar-refractivity contribution in [2.24, 2.45) is 0 Å². The summed E-state index contributed by atoms with van der Waals surface area (Å²) in [5.74, 6) is -1.31. The summed E-state index contributed by atoms with van der Waals surface area (Å²) in [6.07, 6.45) is -0.168. The minimum Gasteiger partial charge on any atom is -0.466 e. The van der Waals surface area contributed by atoms with Crippen molar-refractivity contribution in [3.63, 3.8) is 0 Å². The predicted molar refractivity (Wildman–Crippen MR) is 137 cm³/mol. The lowest BCUT2D eigenvalue weighted by molar-refractivity contribution is -0.145. The molecule has 3 unspecified atom stereocenters. The first-order valence-electron chi connectivity index (χ1n) is 11.9. The number of benzene rings is 1. The highest BCUT2D eigenvalue weighted by Crippen LogP contribution is 2.26. The van der Waals surface area contributed by atoms with Gasteiger partial charge in [0, 0.05) is 18.3 Å². The van der Waals surface area contributed by atoms with E-state index in [-0.39, 0.29) is 31.4 Å². The van der Waals surface area contributed by atoms with Crippen LogP contribution in [0, 0.1) is 0 Å². The van der Waals surface area contributed by atoms with Gasteiger partial charge in [-0.15, -0.1) is 0 Å². The van der Waals surface area contributed by atoms with Crippen LogP contribution in [-0.2, 0) is 23.9 Å². The average molecular weight is 510 g/mol. The van der Waals surface area contributed by atoms with E-state index in [1.165, 1.54) is 4.90 Å². The van der Waals surface area contributed by atoms with Crippen LogP contribution < -0.4 is 10.6 Å². The Morgan fingerprint density at radius 1 is 1.09 bits per heavy atom. The molecule has 0 aliphatic carbocycles. The summed E-state index contributed by atoms with van der Waals surface area (Å²) >= 11 is 4.27. The van der Waals surface area contributed by atoms with Crippen LogP contribution in [0.3, 0.4) is 0 Å². The molecule has 0 bridgehead atoms. The number of ether oxygens (including phenoxy) is 2. The van der Waals surface area contributed by atoms with Crippen LogP contribution in [0.25, 0.3) is 0 Å². The number of amides is 3. The zero-order chi connectivity index (χ0) is 26.6. The van der Waals surface area contributed by atoms with Gasteiger partial charge in [0.25, 0.3) is 0 Å². The second-order valence-corrected chi connectivity index (χ2v) is 9.41. The van der Waals surface area contributed by atoms with Gasteiger partial charge in [-0.05, 0) is 46.6 Å². The van der Waals surface area contributed by atoms with Gasteiger partial charge in [-0.1, -0.05) is 37.3 Å². The lowest BCUT2D eigenvalue weighted by Gasteiger charge is -2.38. The maximum atomic E-state index is 13.7. The minimum absolute atomic E-state index is 0.0109. The quantitative estimate of drug-likeness (QED) is 0.294. The van der Waals surface area contributed by atoms with Gasteiger partial charge in [-0.2, -0.15) is 12.6 Å². The maximum absolute atomic E-state index is 13.7. The number of hydrogen-bond acceptors (Lipinski definition) is 7. The van der Waals surface area contributed by atoms with Crippen molar-refractivity contribution in [2.45, 2.75) is 78.1 Å². The average Bonchev–Trinajstić information content (AvgIpc) is 2.79. The summed E-state index contributed by atoms with van der Waals surface area (Å²) in [6.45, 7) is 10.9. The molecular formula is C25H39N3O6S. The zero-order valence-electron chi connectivity index (χ0n) is 21.5. The van der Waals surface area contributed by atoms with Crippen molar-refractivity contribution in [1.29, 1.82) is 0 Å². The van der Waals surface area contributed by atoms with E-state index in [0.717, 1.165) is 0 Å². The topological polar surface area (TPSA) is 114 Å². The highest BCUT2D eigenvalue weighted by molar-refractivity contribution is 7.80. The number of esters is 1. The van der Waals surface area contributed by atoms with Crippen LogP contribution in [-0.4, -0.2) is 65.4 Å². The lowest BCUT2D eigenvalue weighted by atomic mass is 10.00. The van der Waals surface area contributed by atoms with Crippen molar-refractivity contribution >= 4 is 36.5 Å². The third-order valence-electron chi connectivity index (χ3n) is 5.07. The fraction of sp³-hybridized carbons (Fsp3) is 0.600. The summed E-state index contributed by atoms with van der Waals surface area (Å²) in [5, 5.41) is 5.33. The first-order chi connectivity index (χ1) is 16.4. The smallest absolute Gasteiger partial charge is 0.408 e. The van der Waals surface area contributed by atoms with Crippen LogP contribution in [0.4, 0.5) is 4.79 Å². The molecule has 0 aliphatic rings. The molecule has 196 valence electrons. The van der Waals surface area contributed by atoms with Gasteiger partial charge >= 0.3 is 12.1 Å². The SMILES string of the molecule is CCOC(=O)CCNC(=O)C(c1ccccc1)N(C(=O)C(CS)NC(=O)OC(C)(C)C)C(C)CC. The van der Waals surface area contributed by atoms with Crippen molar-refractivity contribution in [3.05, 3.63) is 35.9 Å². The van der Waals surface area contributed by atoms with Crippen LogP contribution >= 0.6 is 12.6 Å². The first-order valence-corrected chi connectivity index (χ1v) is 12.5. The minimum atomic E-state index is -1.01. The summed E-state index contributed by atoms with van der Waals surface area (Å²) in [4.78, 5) is 52.6. The Kier molecular flexibility index (Phi) is 12.6. The number of nitrogens with one attached hydrogen (secondary N) is 2. The molecule has 0 fully saturated rings. The van der Waals surface area contributed by atoms with E-state index in [9.17, 15) is 19.2 Å². The van der Waals surface area contributed by atoms with E-state index in [4.69, 9.17) is 9.47 Å². The highest BCUT2D eigenvalue weighted by atomic mass is 32.1. The lowest BCUT2D eigenvalue weighted by Crippen LogP contribution is -2.56. The summed E-state index contributed by atoms with van der Waals surface area (Å²) in [6, 6.07) is 6.56. The highest BCUT2D eigenvalue weighted by Gasteiger charge is 2.38. The second-order valence-electron chi connectivity index (χ2n) is 9.04. The molecule has 0 spiro atoms. The van der Waals surface area contributed by atoms with Crippen molar-refractivity contribution in [3.8, 4) is 0 Å². The summed E-state index contributed by atoms with van der Waals surface area (Å²) in [7, 11) is 0. The third kappa shape index (κ3) is 10.2. The number of alkyl carbamates (subject to hydrolysis) is 1. The molecule has 3 amide bonds. The van der Waals surface area contributed by atoms with E-state index in [1.807, 2.05) is 19.9 Å². The Balaban J connectivity index is 3.26. The fourth-order valence-electron chi connectivity index (χ4n) is 3.30. The Bertz CT molecular complexity index is 843. The molecule has 35 heavy (non-hydrogen) atoms. The van der Waals surface area contributed by atoms with Gasteiger partial charge in [-0.3, -0.25) is 14.4 Å². The zero-order valence-corrected chi connectivity index (χ0v) is 22.4. The maximum Gasteiger partial charge on any atom is 0.408 e. The molecule has 3 atom stereocenters. The van der Waals surface area contributed by atoms with Gasteiger partial charge in [0.2, 0.25) is 11.8 Å². The van der Waals surface area contributed by atoms with E-state index < -0.39 is 41.6 Å². The van der Waals surface area contributed by atoms with Gasteiger partial charge < -0.3 is 25.0 Å². The normalized spacial score (nSPS) is 13.7. The second kappa shape index (κ2) is 14.6. The summed E-state index contributed by atoms with van der Waals surface area (Å²) < 4.78 is 10.2. The van der Waals surface area contributed by atoms with Gasteiger partial charge in [0.1, 0.15) is 17.7 Å². The van der Waals surface area contributed by atoms with Crippen LogP contribution in [0.2, 0.25) is 0 Å². The third-order valence-corrected chi connectivity index (χ3v) is 5.43. The molecule has 0 heterocycles. The number of nitrogens with zero attached hydrogens (tertiary/aromatic N) is 1. The number of rotatable bonds is 12. The molecular weight excluding hydrogens is 470 g/mol. The number of carbonyl (C=O) groups is 4. The van der Waals surface area contributed by atoms with E-state index >= 15 is 0 Å². The Morgan fingerprint density at radius 3 is 2.23 bits per heavy atom. The molecule has 0 saturated heterocycles. The largest absolute Gasteiger partial charge is 0.466 e. The summed E-state index contributed by atoms with van der Waals surface area (Å²) in [5.41, 5.74) is -0.138. The van der Waals surface area contributed by atoms with Crippen molar-refractivity contribution in [1.82, 2.24) is 15.5 Å². The Labute approximate surface area is 213 Å². The predicted octanol–water partition coefficient (Wildman–Crippen LogP) is 3.25. The Morgan fingerprint density at radius 2 is 1.71 bits per heavy atom. The standard InChI is InChI=1S/C25H39N3O6S/c1-7-17(3)28(23(31)19(16-35)27-24(32)34-25(4,5)6)21(18-12-10-9-11-13-18)22(30)26-15-14-20(29)33-8-2/h9-13,17,19,21,35H,7-8,14-16H2,1-6H3,(H,26,30)(H,27,32). The Hall–Kier alpha value is -2.75. The van der Waals surface area contributed by atoms with Gasteiger partial charge in [0.15, 0.2) is 0 Å². The van der Waals surface area contributed by atoms with Crippen LogP contribution in [0.15, 0.2) is 30.3 Å². The molecule has 2 N–H and O–H groups in total. The first kappa shape index (κ1) is 30.3. The molecule has 1 aromatic rings. The molecule has 1 aromatic carbocycles. The van der Waals surface area contributed by atoms with E-state index in [2.05, 4.69) is 23.3 Å². The number of hydrogen-bond donors (Lipinski definition) is 3. The van der Waals surface area contributed by atoms with Crippen LogP contribution in [0.1, 0.15) is 66.0 Å². The van der Waals surface area contributed by atoms with Gasteiger partial charge in [-0.25, -0.2) is 4.79 Å². The van der Waals surface area contributed by atoms with Crippen molar-refractivity contribution in [2.75, 3.05) is 18.9 Å². The molecule has 1 rings (SSSR count). The van der Waals surface area contributed by atoms with Gasteiger partial charge in [0.05, 0.1) is 13.0 Å². The number of carbonyl (C=O) groups excluding carboxylic acids is 4. The molecule has 0 radical (unpaired) electrons. The van der Waals surface area contributed by atoms with E-state index in [0.29, 0.717) is 12.0 Å². The molecule has 0 aromatic heterocycles. The van der Waals surface area contributed by atoms with E-state index in [1.54, 1.807) is 52.0 Å². The van der Waals surface area contributed by atoms with Crippen LogP contribution in [0.5, 0.6) is 0 Å². The van der Waals surface area contributed by atoms with Crippen molar-refractivity contribution < 1.29 is 28.7 Å².